The number of hydrogen-bond acceptors (Lipinski definition) is 3. The molecule has 0 amide bonds. The first kappa shape index (κ1) is 11.7. The second-order valence-corrected chi connectivity index (χ2v) is 5.16. The van der Waals surface area contributed by atoms with Gasteiger partial charge >= 0.3 is 6.18 Å². The van der Waals surface area contributed by atoms with Crippen LogP contribution in [0.2, 0.25) is 0 Å². The SMILES string of the molecule is CN1CC(NS(=O)(=O)CC(F)(F)F)C1. The van der Waals surface area contributed by atoms with E-state index in [4.69, 9.17) is 0 Å². The Labute approximate surface area is 80.1 Å². The van der Waals surface area contributed by atoms with Gasteiger partial charge in [0.25, 0.3) is 0 Å². The van der Waals surface area contributed by atoms with E-state index in [9.17, 15) is 21.6 Å². The van der Waals surface area contributed by atoms with Crippen molar-refractivity contribution in [1.82, 2.24) is 9.62 Å². The van der Waals surface area contributed by atoms with E-state index in [0.29, 0.717) is 13.1 Å². The number of hydrogen-bond donors (Lipinski definition) is 1. The number of nitrogens with zero attached hydrogens (tertiary/aromatic N) is 1. The van der Waals surface area contributed by atoms with Gasteiger partial charge in [-0.05, 0) is 7.05 Å². The van der Waals surface area contributed by atoms with Gasteiger partial charge in [0.15, 0.2) is 5.75 Å². The maximum atomic E-state index is 11.8. The van der Waals surface area contributed by atoms with Gasteiger partial charge in [0.1, 0.15) is 0 Å². The second-order valence-electron chi connectivity index (χ2n) is 3.41. The number of nitrogens with one attached hydrogen (secondary N) is 1. The molecule has 1 aliphatic heterocycles. The maximum absolute atomic E-state index is 11.8. The third-order valence-corrected chi connectivity index (χ3v) is 3.16. The number of rotatable bonds is 3. The summed E-state index contributed by atoms with van der Waals surface area (Å²) in [5, 5.41) is 0. The lowest BCUT2D eigenvalue weighted by molar-refractivity contribution is -0.106. The van der Waals surface area contributed by atoms with Crippen molar-refractivity contribution in [1.29, 1.82) is 0 Å². The molecule has 1 aliphatic rings. The average Bonchev–Trinajstić information content (AvgIpc) is 1.76. The molecule has 1 fully saturated rings. The molecular weight excluding hydrogens is 221 g/mol. The predicted molar refractivity (Wildman–Crippen MR) is 44.3 cm³/mol. The van der Waals surface area contributed by atoms with Gasteiger partial charge in [0.05, 0.1) is 0 Å². The van der Waals surface area contributed by atoms with Crippen LogP contribution in [0, 0.1) is 0 Å². The Morgan fingerprint density at radius 1 is 1.43 bits per heavy atom. The van der Waals surface area contributed by atoms with Gasteiger partial charge in [-0.25, -0.2) is 13.1 Å². The molecule has 0 aliphatic carbocycles. The molecule has 1 N–H and O–H groups in total. The molecule has 0 aromatic heterocycles. The molecule has 0 aromatic rings. The zero-order valence-electron chi connectivity index (χ0n) is 7.50. The Morgan fingerprint density at radius 2 is 1.93 bits per heavy atom. The van der Waals surface area contributed by atoms with Crippen molar-refractivity contribution in [2.75, 3.05) is 25.9 Å². The van der Waals surface area contributed by atoms with Gasteiger partial charge in [-0.3, -0.25) is 0 Å². The summed E-state index contributed by atoms with van der Waals surface area (Å²) in [6.45, 7) is 0.911. The minimum absolute atomic E-state index is 0.382. The molecule has 14 heavy (non-hydrogen) atoms. The van der Waals surface area contributed by atoms with Crippen LogP contribution in [0.25, 0.3) is 0 Å². The van der Waals surface area contributed by atoms with Crippen LogP contribution in [0.3, 0.4) is 0 Å². The van der Waals surface area contributed by atoms with Crippen molar-refractivity contribution in [3.8, 4) is 0 Å². The van der Waals surface area contributed by atoms with E-state index in [0.717, 1.165) is 0 Å². The summed E-state index contributed by atoms with van der Waals surface area (Å²) < 4.78 is 59.1. The normalized spacial score (nSPS) is 20.9. The lowest BCUT2D eigenvalue weighted by Gasteiger charge is -2.36. The van der Waals surface area contributed by atoms with E-state index in [-0.39, 0.29) is 6.04 Å². The molecule has 8 heteroatoms. The molecule has 0 bridgehead atoms. The fraction of sp³-hybridized carbons (Fsp3) is 1.00. The first-order valence-corrected chi connectivity index (χ1v) is 5.58. The summed E-state index contributed by atoms with van der Waals surface area (Å²) in [6, 6.07) is -0.382. The number of likely N-dealkylation sites (tertiary alicyclic amines) is 1. The van der Waals surface area contributed by atoms with E-state index >= 15 is 0 Å². The number of halogens is 3. The number of likely N-dealkylation sites (N-methyl/N-ethyl adjacent to an activating group) is 1. The third kappa shape index (κ3) is 3.81. The Kier molecular flexibility index (Phi) is 3.07. The molecule has 84 valence electrons. The highest BCUT2D eigenvalue weighted by Gasteiger charge is 2.37. The fourth-order valence-electron chi connectivity index (χ4n) is 1.28. The lowest BCUT2D eigenvalue weighted by Crippen LogP contribution is -2.58. The Balaban J connectivity index is 2.43. The zero-order chi connectivity index (χ0) is 11.0. The molecule has 0 unspecified atom stereocenters. The van der Waals surface area contributed by atoms with Crippen molar-refractivity contribution >= 4 is 10.0 Å². The molecule has 0 saturated carbocycles. The lowest BCUT2D eigenvalue weighted by atomic mass is 10.2. The van der Waals surface area contributed by atoms with Gasteiger partial charge in [-0.1, -0.05) is 0 Å². The van der Waals surface area contributed by atoms with Crippen LogP contribution in [0.15, 0.2) is 0 Å². The summed E-state index contributed by atoms with van der Waals surface area (Å²) in [5.41, 5.74) is 0. The van der Waals surface area contributed by atoms with Gasteiger partial charge in [0, 0.05) is 19.1 Å². The van der Waals surface area contributed by atoms with Crippen molar-refractivity contribution < 1.29 is 21.6 Å². The Hall–Kier alpha value is -0.340. The molecule has 4 nitrogen and oxygen atoms in total. The highest BCUT2D eigenvalue weighted by molar-refractivity contribution is 7.89. The molecule has 1 saturated heterocycles. The van der Waals surface area contributed by atoms with Crippen LogP contribution >= 0.6 is 0 Å². The molecule has 1 rings (SSSR count). The van der Waals surface area contributed by atoms with Crippen LogP contribution < -0.4 is 4.72 Å². The summed E-state index contributed by atoms with van der Waals surface area (Å²) in [7, 11) is -2.47. The molecular formula is C6H11F3N2O2S. The number of alkyl halides is 3. The Bertz CT molecular complexity index is 295. The van der Waals surface area contributed by atoms with Crippen LogP contribution in [0.4, 0.5) is 13.2 Å². The molecule has 1 heterocycles. The third-order valence-electron chi connectivity index (χ3n) is 1.76. The summed E-state index contributed by atoms with van der Waals surface area (Å²) >= 11 is 0. The summed E-state index contributed by atoms with van der Waals surface area (Å²) in [5.74, 6) is -1.81. The molecule has 0 radical (unpaired) electrons. The van der Waals surface area contributed by atoms with Gasteiger partial charge in [-0.15, -0.1) is 0 Å². The second kappa shape index (κ2) is 3.67. The van der Waals surface area contributed by atoms with Crippen LogP contribution in [0.1, 0.15) is 0 Å². The van der Waals surface area contributed by atoms with Crippen LogP contribution in [-0.4, -0.2) is 51.4 Å². The van der Waals surface area contributed by atoms with E-state index in [1.165, 1.54) is 0 Å². The molecule has 0 aromatic carbocycles. The van der Waals surface area contributed by atoms with Crippen molar-refractivity contribution in [3.05, 3.63) is 0 Å². The van der Waals surface area contributed by atoms with Crippen LogP contribution in [-0.2, 0) is 10.0 Å². The van der Waals surface area contributed by atoms with Crippen molar-refractivity contribution in [2.45, 2.75) is 12.2 Å². The highest BCUT2D eigenvalue weighted by atomic mass is 32.2. The molecule has 0 spiro atoms. The van der Waals surface area contributed by atoms with E-state index in [1.807, 2.05) is 4.72 Å². The maximum Gasteiger partial charge on any atom is 0.404 e. The summed E-state index contributed by atoms with van der Waals surface area (Å²) in [6.07, 6.45) is -4.68. The predicted octanol–water partition coefficient (Wildman–Crippen LogP) is -0.218. The number of sulfonamides is 1. The molecule has 0 atom stereocenters. The monoisotopic (exact) mass is 232 g/mol. The average molecular weight is 232 g/mol. The minimum Gasteiger partial charge on any atom is -0.303 e. The van der Waals surface area contributed by atoms with Crippen molar-refractivity contribution in [3.63, 3.8) is 0 Å². The van der Waals surface area contributed by atoms with Crippen molar-refractivity contribution in [2.24, 2.45) is 0 Å². The highest BCUT2D eigenvalue weighted by Crippen LogP contribution is 2.17. The van der Waals surface area contributed by atoms with Gasteiger partial charge in [-0.2, -0.15) is 13.2 Å². The smallest absolute Gasteiger partial charge is 0.303 e. The van der Waals surface area contributed by atoms with Crippen LogP contribution in [0.5, 0.6) is 0 Å². The standard InChI is InChI=1S/C6H11F3N2O2S/c1-11-2-5(3-11)10-14(12,13)4-6(7,8)9/h5,10H,2-4H2,1H3. The van der Waals surface area contributed by atoms with E-state index in [2.05, 4.69) is 0 Å². The minimum atomic E-state index is -4.68. The quantitative estimate of drug-likeness (QED) is 0.732. The first-order chi connectivity index (χ1) is 6.18. The summed E-state index contributed by atoms with van der Waals surface area (Å²) in [4.78, 5) is 1.81. The Morgan fingerprint density at radius 3 is 2.29 bits per heavy atom. The zero-order valence-corrected chi connectivity index (χ0v) is 8.32. The van der Waals surface area contributed by atoms with Gasteiger partial charge in [0.2, 0.25) is 10.0 Å². The van der Waals surface area contributed by atoms with E-state index in [1.54, 1.807) is 11.9 Å². The first-order valence-electron chi connectivity index (χ1n) is 3.93. The fourth-order valence-corrected chi connectivity index (χ4v) is 2.46. The van der Waals surface area contributed by atoms with Gasteiger partial charge < -0.3 is 4.90 Å². The largest absolute Gasteiger partial charge is 0.404 e. The topological polar surface area (TPSA) is 49.4 Å². The van der Waals surface area contributed by atoms with E-state index < -0.39 is 22.0 Å².